The summed E-state index contributed by atoms with van der Waals surface area (Å²) in [5.41, 5.74) is -1.97. The maximum Gasteiger partial charge on any atom is 0.243 e. The van der Waals surface area contributed by atoms with Gasteiger partial charge in [0.1, 0.15) is 20.2 Å². The van der Waals surface area contributed by atoms with Crippen LogP contribution in [0.4, 0.5) is 34.1 Å². The Morgan fingerprint density at radius 2 is 0.461 bits per heavy atom. The third kappa shape index (κ3) is 20.1. The lowest BCUT2D eigenvalue weighted by Gasteiger charge is -2.21. The van der Waals surface area contributed by atoms with Crippen LogP contribution < -0.4 is 33.7 Å². The van der Waals surface area contributed by atoms with Gasteiger partial charge >= 0.3 is 0 Å². The first kappa shape index (κ1) is 79.3. The Morgan fingerprint density at radius 3 is 0.637 bits per heavy atom. The van der Waals surface area contributed by atoms with Crippen LogP contribution in [0.1, 0.15) is 107 Å². The van der Waals surface area contributed by atoms with Crippen molar-refractivity contribution in [2.75, 3.05) is 52.4 Å². The van der Waals surface area contributed by atoms with Crippen molar-refractivity contribution >= 4 is 94.5 Å². The van der Waals surface area contributed by atoms with E-state index in [1.54, 1.807) is 0 Å². The molecule has 0 fully saturated rings. The zero-order valence-corrected chi connectivity index (χ0v) is 62.6. The molecule has 0 amide bonds. The molecule has 0 unspecified atom stereocenters. The standard InChI is InChI=1S/C66H86N16O14S6/c1-9-33-79(34-10-2)97(83,84)53-25-17-21-47(41-53)67-61-73-62(68-48-22-18-26-54(42-48)98(85,86)80(35-11-3)36-12-4)76-65(75-61)71-51-29-31-57(59(45-51)101(91,92)93)58-32-30-52(46-60(58)102(94,95)96)72-66-77-63(69-49-23-19-27-55(43-49)99(87,88)81(37-13-5)38-14-6)74-64(78-66)70-50-24-20-28-56(44-50)100(89,90)82(39-15-7)40-16-8/h17-32,41-46H,9-16,33-40H2,1-8H3,(H,91,92,93)(H,94,95,96)(H3,67,68,71,73,75,76)(H3,69,70,72,74,77,78)/p-2. The number of nitrogens with zero attached hydrogens (tertiary/aromatic N) is 10. The monoisotopic (exact) mass is 1520 g/mol. The van der Waals surface area contributed by atoms with Crippen LogP contribution in [0.25, 0.3) is 11.1 Å². The molecular weight excluding hydrogens is 1430 g/mol. The molecule has 2 aromatic heterocycles. The van der Waals surface area contributed by atoms with Crippen molar-refractivity contribution in [2.24, 2.45) is 30.0 Å². The summed E-state index contributed by atoms with van der Waals surface area (Å²) in [7, 11) is -27.1. The second-order valence-electron chi connectivity index (χ2n) is 23.4. The van der Waals surface area contributed by atoms with E-state index in [0.29, 0.717) is 51.4 Å². The molecule has 102 heavy (non-hydrogen) atoms. The van der Waals surface area contributed by atoms with Gasteiger partial charge in [-0.2, -0.15) is 17.2 Å². The fraction of sp³-hybridized carbons (Fsp3) is 0.364. The maximum absolute atomic E-state index is 13.9. The van der Waals surface area contributed by atoms with E-state index < -0.39 is 81.2 Å². The van der Waals surface area contributed by atoms with Crippen LogP contribution in [0.3, 0.4) is 0 Å². The van der Waals surface area contributed by atoms with Gasteiger partial charge in [0.25, 0.3) is 0 Å². The number of H-pyrrole nitrogens is 6. The minimum absolute atomic E-state index is 0.0469. The number of nitrogens with one attached hydrogen (secondary N) is 6. The van der Waals surface area contributed by atoms with Gasteiger partial charge in [-0.15, -0.1) is 0 Å². The van der Waals surface area contributed by atoms with E-state index in [9.17, 15) is 59.6 Å². The Kier molecular flexibility index (Phi) is 27.0. The van der Waals surface area contributed by atoms with E-state index in [2.05, 4.69) is 59.9 Å². The average molecular weight is 1520 g/mol. The predicted molar refractivity (Wildman–Crippen MR) is 381 cm³/mol. The molecule has 0 atom stereocenters. The van der Waals surface area contributed by atoms with E-state index in [4.69, 9.17) is 0 Å². The van der Waals surface area contributed by atoms with Crippen LogP contribution in [0.5, 0.6) is 0 Å². The van der Waals surface area contributed by atoms with E-state index >= 15 is 0 Å². The van der Waals surface area contributed by atoms with Crippen LogP contribution in [-0.2, 0) is 60.3 Å². The van der Waals surface area contributed by atoms with Crippen molar-refractivity contribution in [3.8, 4) is 11.1 Å². The number of aromatic nitrogens is 6. The normalized spacial score (nSPS) is 13.5. The molecule has 6 aromatic carbocycles. The molecule has 6 N–H and O–H groups in total. The quantitative estimate of drug-likeness (QED) is 0.0214. The molecule has 0 saturated heterocycles. The highest BCUT2D eigenvalue weighted by Crippen LogP contribution is 2.37. The lowest BCUT2D eigenvalue weighted by Crippen LogP contribution is -2.36. The van der Waals surface area contributed by atoms with Crippen molar-refractivity contribution in [2.45, 2.75) is 136 Å². The third-order valence-electron chi connectivity index (χ3n) is 15.2. The third-order valence-corrected chi connectivity index (χ3v) is 24.6. The van der Waals surface area contributed by atoms with Gasteiger partial charge in [-0.1, -0.05) is 91.8 Å². The van der Waals surface area contributed by atoms with E-state index in [1.165, 1.54) is 126 Å². The molecule has 2 heterocycles. The van der Waals surface area contributed by atoms with Gasteiger partial charge in [0, 0.05) is 63.5 Å². The molecular formula is C66H84N16O14S6-2. The molecule has 0 aliphatic rings. The minimum atomic E-state index is -5.58. The van der Waals surface area contributed by atoms with Gasteiger partial charge in [-0.05, 0) is 148 Å². The zero-order chi connectivity index (χ0) is 74.2. The van der Waals surface area contributed by atoms with Crippen molar-refractivity contribution in [1.29, 1.82) is 0 Å². The summed E-state index contributed by atoms with van der Waals surface area (Å²) in [6.07, 6.45) is 4.50. The van der Waals surface area contributed by atoms with Gasteiger partial charge in [0.05, 0.1) is 63.5 Å². The predicted octanol–water partition coefficient (Wildman–Crippen LogP) is 7.77. The van der Waals surface area contributed by atoms with E-state index in [0.717, 1.165) is 24.3 Å². The molecule has 0 radical (unpaired) electrons. The summed E-state index contributed by atoms with van der Waals surface area (Å²) in [6, 6.07) is 29.5. The Hall–Kier alpha value is -8.40. The number of benzene rings is 6. The topological polar surface area (TPSA) is 433 Å². The van der Waals surface area contributed by atoms with Crippen molar-refractivity contribution in [1.82, 2.24) is 47.1 Å². The van der Waals surface area contributed by atoms with Gasteiger partial charge < -0.3 is 9.11 Å². The first-order valence-corrected chi connectivity index (χ1v) is 41.7. The van der Waals surface area contributed by atoms with Crippen LogP contribution in [0.15, 0.2) is 193 Å². The largest absolute Gasteiger partial charge is 0.744 e. The maximum atomic E-state index is 13.9. The summed E-state index contributed by atoms with van der Waals surface area (Å²) < 4.78 is 197. The number of rotatable bonds is 33. The summed E-state index contributed by atoms with van der Waals surface area (Å²) in [4.78, 5) is 42.9. The molecule has 0 aliphatic carbocycles. The fourth-order valence-corrected chi connectivity index (χ4v) is 18.9. The summed E-state index contributed by atoms with van der Waals surface area (Å²) in [5, 5.41) is 0. The zero-order valence-electron chi connectivity index (χ0n) is 57.7. The van der Waals surface area contributed by atoms with E-state index in [1.807, 2.05) is 55.4 Å². The summed E-state index contributed by atoms with van der Waals surface area (Å²) in [6.45, 7) is 17.1. The highest BCUT2D eigenvalue weighted by molar-refractivity contribution is 7.90. The van der Waals surface area contributed by atoms with Crippen molar-refractivity contribution < 1.29 is 59.6 Å². The van der Waals surface area contributed by atoms with Gasteiger partial charge in [0.15, 0.2) is 0 Å². The van der Waals surface area contributed by atoms with E-state index in [-0.39, 0.29) is 140 Å². The second-order valence-corrected chi connectivity index (χ2v) is 33.8. The Morgan fingerprint density at radius 1 is 0.275 bits per heavy atom. The minimum Gasteiger partial charge on any atom is -0.744 e. The first-order chi connectivity index (χ1) is 48.4. The van der Waals surface area contributed by atoms with Crippen molar-refractivity contribution in [3.05, 3.63) is 167 Å². The molecule has 0 aliphatic heterocycles. The highest BCUT2D eigenvalue weighted by atomic mass is 32.2. The van der Waals surface area contributed by atoms with Gasteiger partial charge in [0.2, 0.25) is 73.8 Å². The summed E-state index contributed by atoms with van der Waals surface area (Å²) >= 11 is 0. The Balaban J connectivity index is 1.29. The van der Waals surface area contributed by atoms with Gasteiger partial charge in [-0.25, -0.2) is 80.5 Å². The number of hydrogen-bond acceptors (Lipinski definition) is 20. The highest BCUT2D eigenvalue weighted by Gasteiger charge is 2.28. The van der Waals surface area contributed by atoms with Crippen LogP contribution >= 0.6 is 0 Å². The fourth-order valence-electron chi connectivity index (χ4n) is 10.8. The van der Waals surface area contributed by atoms with Gasteiger partial charge in [-0.3, -0.25) is 29.9 Å². The molecule has 8 rings (SSSR count). The molecule has 8 aromatic rings. The molecule has 0 saturated carbocycles. The molecule has 0 spiro atoms. The Bertz CT molecular complexity index is 4910. The lowest BCUT2D eigenvalue weighted by molar-refractivity contribution is 0.409. The molecule has 30 nitrogen and oxygen atoms in total. The SMILES string of the molecule is CCCN(CCC)S(=O)(=O)c1cccc(N=c2[nH]c(=Nc3cccc(S(=O)(=O)N(CCC)CCC)c3)[nH]c(=Nc3ccc(-c4ccc(N=c5[nH]c(=Nc6cccc(S(=O)(=O)N(CCC)CCC)c6)[nH]c(=Nc6cccc(S(=O)(=O)N(CCC)CCC)c6)[nH]5)cc4S(=O)(=O)[O-])c(S(=O)(=O)[O-])c3)[nH]2)c1. The summed E-state index contributed by atoms with van der Waals surface area (Å²) in [5.74, 6) is 0. The number of aromatic amines is 6. The second kappa shape index (κ2) is 34.7. The number of sulfonamides is 4. The average Bonchev–Trinajstić information content (AvgIpc) is 0.771. The first-order valence-electron chi connectivity index (χ1n) is 33.2. The Labute approximate surface area is 594 Å². The van der Waals surface area contributed by atoms with Crippen molar-refractivity contribution in [3.63, 3.8) is 0 Å². The number of hydrogen-bond donors (Lipinski definition) is 6. The van der Waals surface area contributed by atoms with Crippen LogP contribution in [-0.4, -0.2) is 159 Å². The molecule has 0 bridgehead atoms. The van der Waals surface area contributed by atoms with Crippen LogP contribution in [0, 0.1) is 0 Å². The molecule has 36 heteroatoms. The molecule has 550 valence electrons. The smallest absolute Gasteiger partial charge is 0.243 e. The van der Waals surface area contributed by atoms with Crippen LogP contribution in [0.2, 0.25) is 0 Å². The lowest BCUT2D eigenvalue weighted by atomic mass is 10.0.